The van der Waals surface area contributed by atoms with Crippen LogP contribution >= 0.6 is 11.6 Å². The SMILES string of the molecule is O=C(COc1ccccc1Cl)N/N=C/c1ccc(F)cc1. The van der Waals surface area contributed by atoms with E-state index in [1.165, 1.54) is 18.3 Å². The van der Waals surface area contributed by atoms with E-state index in [4.69, 9.17) is 16.3 Å². The number of nitrogens with one attached hydrogen (secondary N) is 1. The highest BCUT2D eigenvalue weighted by Crippen LogP contribution is 2.22. The van der Waals surface area contributed by atoms with Crippen LogP contribution in [-0.2, 0) is 4.79 Å². The minimum Gasteiger partial charge on any atom is -0.482 e. The van der Waals surface area contributed by atoms with Gasteiger partial charge in [-0.3, -0.25) is 4.79 Å². The molecule has 4 nitrogen and oxygen atoms in total. The zero-order chi connectivity index (χ0) is 15.1. The molecule has 0 fully saturated rings. The van der Waals surface area contributed by atoms with E-state index in [1.807, 2.05) is 0 Å². The molecule has 0 bridgehead atoms. The molecule has 1 amide bonds. The fourth-order valence-electron chi connectivity index (χ4n) is 1.47. The van der Waals surface area contributed by atoms with Crippen LogP contribution in [0.5, 0.6) is 5.75 Å². The molecule has 0 heterocycles. The number of carbonyl (C=O) groups is 1. The zero-order valence-corrected chi connectivity index (χ0v) is 11.7. The lowest BCUT2D eigenvalue weighted by Gasteiger charge is -2.06. The fraction of sp³-hybridized carbons (Fsp3) is 0.0667. The van der Waals surface area contributed by atoms with Gasteiger partial charge < -0.3 is 4.74 Å². The molecule has 2 aromatic carbocycles. The Kier molecular flexibility index (Phi) is 5.29. The first-order chi connectivity index (χ1) is 10.1. The molecule has 6 heteroatoms. The van der Waals surface area contributed by atoms with Crippen molar-refractivity contribution in [2.45, 2.75) is 0 Å². The Hall–Kier alpha value is -2.40. The Balaban J connectivity index is 1.80. The Morgan fingerprint density at radius 2 is 1.95 bits per heavy atom. The maximum atomic E-state index is 12.7. The monoisotopic (exact) mass is 306 g/mol. The lowest BCUT2D eigenvalue weighted by Crippen LogP contribution is -2.24. The molecule has 0 unspecified atom stereocenters. The quantitative estimate of drug-likeness (QED) is 0.682. The highest BCUT2D eigenvalue weighted by molar-refractivity contribution is 6.32. The second-order valence-electron chi connectivity index (χ2n) is 4.06. The van der Waals surface area contributed by atoms with Gasteiger partial charge >= 0.3 is 0 Å². The van der Waals surface area contributed by atoms with Gasteiger partial charge in [-0.25, -0.2) is 9.82 Å². The Morgan fingerprint density at radius 1 is 1.24 bits per heavy atom. The van der Waals surface area contributed by atoms with Gasteiger partial charge in [0.1, 0.15) is 11.6 Å². The molecule has 1 N–H and O–H groups in total. The van der Waals surface area contributed by atoms with Crippen molar-refractivity contribution in [2.24, 2.45) is 5.10 Å². The van der Waals surface area contributed by atoms with E-state index in [2.05, 4.69) is 10.5 Å². The third kappa shape index (κ3) is 4.89. The predicted octanol–water partition coefficient (Wildman–Crippen LogP) is 3.01. The first-order valence-corrected chi connectivity index (χ1v) is 6.48. The first-order valence-electron chi connectivity index (χ1n) is 6.10. The van der Waals surface area contributed by atoms with Crippen LogP contribution in [0, 0.1) is 5.82 Å². The summed E-state index contributed by atoms with van der Waals surface area (Å²) in [5.74, 6) is -0.325. The Bertz CT molecular complexity index is 644. The summed E-state index contributed by atoms with van der Waals surface area (Å²) in [5, 5.41) is 4.18. The molecule has 2 aromatic rings. The molecule has 0 aromatic heterocycles. The number of hydrogen-bond acceptors (Lipinski definition) is 3. The third-order valence-corrected chi connectivity index (χ3v) is 2.78. The van der Waals surface area contributed by atoms with Crippen molar-refractivity contribution in [3.63, 3.8) is 0 Å². The number of ether oxygens (including phenoxy) is 1. The maximum absolute atomic E-state index is 12.7. The smallest absolute Gasteiger partial charge is 0.277 e. The van der Waals surface area contributed by atoms with Crippen molar-refractivity contribution in [3.05, 3.63) is 64.9 Å². The number of rotatable bonds is 5. The molecule has 0 radical (unpaired) electrons. The second kappa shape index (κ2) is 7.40. The minimum absolute atomic E-state index is 0.204. The van der Waals surface area contributed by atoms with E-state index in [9.17, 15) is 9.18 Å². The molecular formula is C15H12ClFN2O2. The predicted molar refractivity (Wildman–Crippen MR) is 79.1 cm³/mol. The molecule has 0 saturated carbocycles. The summed E-state index contributed by atoms with van der Waals surface area (Å²) in [7, 11) is 0. The van der Waals surface area contributed by atoms with E-state index < -0.39 is 5.91 Å². The molecule has 0 aliphatic carbocycles. The minimum atomic E-state index is -0.423. The summed E-state index contributed by atoms with van der Waals surface area (Å²) in [6, 6.07) is 12.6. The van der Waals surface area contributed by atoms with Crippen LogP contribution in [0.25, 0.3) is 0 Å². The molecule has 2 rings (SSSR count). The molecule has 0 aliphatic rings. The molecule has 0 atom stereocenters. The van der Waals surface area contributed by atoms with Crippen LogP contribution in [0.15, 0.2) is 53.6 Å². The van der Waals surface area contributed by atoms with Gasteiger partial charge in [0.2, 0.25) is 0 Å². The first kappa shape index (κ1) is 15.0. The molecule has 21 heavy (non-hydrogen) atoms. The largest absolute Gasteiger partial charge is 0.482 e. The second-order valence-corrected chi connectivity index (χ2v) is 4.47. The van der Waals surface area contributed by atoms with Gasteiger partial charge in [0.05, 0.1) is 11.2 Å². The Morgan fingerprint density at radius 3 is 2.67 bits per heavy atom. The van der Waals surface area contributed by atoms with Crippen molar-refractivity contribution in [1.29, 1.82) is 0 Å². The van der Waals surface area contributed by atoms with Gasteiger partial charge in [-0.1, -0.05) is 35.9 Å². The van der Waals surface area contributed by atoms with Crippen LogP contribution in [0.1, 0.15) is 5.56 Å². The molecule has 0 saturated heterocycles. The molecule has 0 aliphatic heterocycles. The average molecular weight is 307 g/mol. The number of amides is 1. The van der Waals surface area contributed by atoms with Gasteiger partial charge in [-0.15, -0.1) is 0 Å². The Labute approximate surface area is 126 Å². The van der Waals surface area contributed by atoms with E-state index in [0.717, 1.165) is 0 Å². The number of halogens is 2. The average Bonchev–Trinajstić information content (AvgIpc) is 2.48. The van der Waals surface area contributed by atoms with Gasteiger partial charge in [-0.2, -0.15) is 5.10 Å². The highest BCUT2D eigenvalue weighted by atomic mass is 35.5. The summed E-state index contributed by atoms with van der Waals surface area (Å²) in [6.07, 6.45) is 1.41. The van der Waals surface area contributed by atoms with Crippen LogP contribution < -0.4 is 10.2 Å². The van der Waals surface area contributed by atoms with Gasteiger partial charge in [0, 0.05) is 0 Å². The van der Waals surface area contributed by atoms with E-state index in [0.29, 0.717) is 16.3 Å². The van der Waals surface area contributed by atoms with Crippen molar-refractivity contribution < 1.29 is 13.9 Å². The number of benzene rings is 2. The van der Waals surface area contributed by atoms with Crippen LogP contribution in [0.3, 0.4) is 0 Å². The number of para-hydroxylation sites is 1. The molecular weight excluding hydrogens is 295 g/mol. The van der Waals surface area contributed by atoms with Crippen LogP contribution in [-0.4, -0.2) is 18.7 Å². The summed E-state index contributed by atoms with van der Waals surface area (Å²) >= 11 is 5.89. The summed E-state index contributed by atoms with van der Waals surface area (Å²) in [6.45, 7) is -0.204. The number of nitrogens with zero attached hydrogens (tertiary/aromatic N) is 1. The summed E-state index contributed by atoms with van der Waals surface area (Å²) < 4.78 is 17.9. The highest BCUT2D eigenvalue weighted by Gasteiger charge is 2.04. The molecule has 108 valence electrons. The van der Waals surface area contributed by atoms with Crippen molar-refractivity contribution in [3.8, 4) is 5.75 Å². The molecule has 0 spiro atoms. The van der Waals surface area contributed by atoms with Gasteiger partial charge in [0.15, 0.2) is 6.61 Å². The zero-order valence-electron chi connectivity index (χ0n) is 10.9. The van der Waals surface area contributed by atoms with E-state index >= 15 is 0 Å². The number of hydrogen-bond donors (Lipinski definition) is 1. The van der Waals surface area contributed by atoms with Gasteiger partial charge in [-0.05, 0) is 29.8 Å². The number of carbonyl (C=O) groups excluding carboxylic acids is 1. The van der Waals surface area contributed by atoms with Crippen molar-refractivity contribution in [1.82, 2.24) is 5.43 Å². The van der Waals surface area contributed by atoms with Gasteiger partial charge in [0.25, 0.3) is 5.91 Å². The van der Waals surface area contributed by atoms with Crippen LogP contribution in [0.4, 0.5) is 4.39 Å². The third-order valence-electron chi connectivity index (χ3n) is 2.47. The normalized spacial score (nSPS) is 10.6. The van der Waals surface area contributed by atoms with Crippen molar-refractivity contribution >= 4 is 23.7 Å². The summed E-state index contributed by atoms with van der Waals surface area (Å²) in [4.78, 5) is 11.5. The summed E-state index contributed by atoms with van der Waals surface area (Å²) in [5.41, 5.74) is 2.97. The topological polar surface area (TPSA) is 50.7 Å². The lowest BCUT2D eigenvalue weighted by atomic mass is 10.2. The standard InChI is InChI=1S/C15H12ClFN2O2/c16-13-3-1-2-4-14(13)21-10-15(20)19-18-9-11-5-7-12(17)8-6-11/h1-9H,10H2,(H,19,20)/b18-9+. The van der Waals surface area contributed by atoms with E-state index in [1.54, 1.807) is 36.4 Å². The van der Waals surface area contributed by atoms with Crippen molar-refractivity contribution in [2.75, 3.05) is 6.61 Å². The number of hydrazone groups is 1. The van der Waals surface area contributed by atoms with Crippen LogP contribution in [0.2, 0.25) is 5.02 Å². The fourth-order valence-corrected chi connectivity index (χ4v) is 1.66. The lowest BCUT2D eigenvalue weighted by molar-refractivity contribution is -0.123. The maximum Gasteiger partial charge on any atom is 0.277 e. The van der Waals surface area contributed by atoms with E-state index in [-0.39, 0.29) is 12.4 Å².